The molecule has 0 spiro atoms. The first-order valence-electron chi connectivity index (χ1n) is 13.1. The van der Waals surface area contributed by atoms with Crippen molar-refractivity contribution in [2.45, 2.75) is 0 Å². The Balaban J connectivity index is -0.000000591. The van der Waals surface area contributed by atoms with Gasteiger partial charge in [-0.25, -0.2) is 0 Å². The number of benzene rings is 4. The number of carboxylic acids is 4. The minimum atomic E-state index is -1.32. The summed E-state index contributed by atoms with van der Waals surface area (Å²) in [5.41, 5.74) is 21.1. The third-order valence-electron chi connectivity index (χ3n) is 5.75. The molecule has 0 heterocycles. The minimum Gasteiger partial charge on any atom is -1.00 e. The largest absolute Gasteiger partial charge is 1.00 e. The fourth-order valence-electron chi connectivity index (χ4n) is 3.58. The van der Waals surface area contributed by atoms with Gasteiger partial charge in [0.2, 0.25) is 0 Å². The van der Waals surface area contributed by atoms with Gasteiger partial charge in [-0.2, -0.15) is 0 Å². The molecule has 0 saturated carbocycles. The summed E-state index contributed by atoms with van der Waals surface area (Å²) in [7, 11) is 0. The first-order chi connectivity index (χ1) is 22.5. The predicted molar refractivity (Wildman–Crippen MR) is 175 cm³/mol. The molecule has 0 amide bonds. The molecule has 4 rings (SSSR count). The van der Waals surface area contributed by atoms with Crippen molar-refractivity contribution in [2.75, 3.05) is 0 Å². The number of nitrogens with one attached hydrogen (secondary N) is 4. The van der Waals surface area contributed by atoms with Gasteiger partial charge in [-0.05, 0) is 0 Å². The van der Waals surface area contributed by atoms with E-state index in [0.29, 0.717) is 0 Å². The number of hydrogen-bond donors (Lipinski definition) is 8. The average Bonchev–Trinajstić information content (AvgIpc) is 3.05. The first-order valence-corrected chi connectivity index (χ1v) is 13.1. The number of amidine groups is 4. The molecule has 0 saturated heterocycles. The molecular weight excluding hydrogens is 739 g/mol. The summed E-state index contributed by atoms with van der Waals surface area (Å²) in [6, 6.07) is 23.9. The second-order valence-electron chi connectivity index (χ2n) is 8.99. The summed E-state index contributed by atoms with van der Waals surface area (Å²) in [5.74, 6) is -6.35. The molecule has 0 aromatic heterocycles. The minimum absolute atomic E-state index is 0. The molecule has 0 atom stereocenters. The van der Waals surface area contributed by atoms with Crippen LogP contribution in [-0.4, -0.2) is 73.1 Å². The van der Waals surface area contributed by atoms with Crippen molar-refractivity contribution in [2.24, 2.45) is 22.9 Å². The zero-order chi connectivity index (χ0) is 36.6. The van der Waals surface area contributed by atoms with Gasteiger partial charge >= 0.3 is 0 Å². The van der Waals surface area contributed by atoms with Crippen molar-refractivity contribution in [1.82, 2.24) is 0 Å². The fraction of sp³-hybridized carbons (Fsp3) is 0. The van der Waals surface area contributed by atoms with E-state index in [4.69, 9.17) is 44.6 Å². The molecule has 17 heteroatoms. The first kappa shape index (κ1) is 42.5. The molecule has 3 radical (unpaired) electrons. The van der Waals surface area contributed by atoms with Gasteiger partial charge in [-0.3, -0.25) is 21.6 Å². The maximum atomic E-state index is 10.5. The third-order valence-corrected chi connectivity index (χ3v) is 5.75. The summed E-state index contributed by atoms with van der Waals surface area (Å²) < 4.78 is 0. The summed E-state index contributed by atoms with van der Waals surface area (Å²) in [4.78, 5) is 41.9. The van der Waals surface area contributed by atoms with E-state index in [2.05, 4.69) is 0 Å². The van der Waals surface area contributed by atoms with E-state index in [-0.39, 0.29) is 96.5 Å². The summed E-state index contributed by atoms with van der Waals surface area (Å²) >= 11 is 0. The van der Waals surface area contributed by atoms with Gasteiger partial charge in [0.15, 0.2) is 0 Å². The molecule has 0 fully saturated rings. The van der Waals surface area contributed by atoms with Crippen molar-refractivity contribution in [3.05, 3.63) is 142 Å². The monoisotopic (exact) mass is 769 g/mol. The van der Waals surface area contributed by atoms with Crippen LogP contribution in [0.4, 0.5) is 0 Å². The Morgan fingerprint density at radius 1 is 0.367 bits per heavy atom. The van der Waals surface area contributed by atoms with Crippen LogP contribution < -0.4 is 43.4 Å². The van der Waals surface area contributed by atoms with Crippen molar-refractivity contribution in [3.8, 4) is 0 Å². The Morgan fingerprint density at radius 3 is 0.571 bits per heavy atom. The average molecular weight is 769 g/mol. The van der Waals surface area contributed by atoms with Gasteiger partial charge in [0.1, 0.15) is 23.3 Å². The summed E-state index contributed by atoms with van der Waals surface area (Å²) in [6.07, 6.45) is 0. The number of aromatic carboxylic acids is 4. The van der Waals surface area contributed by atoms with Crippen molar-refractivity contribution in [1.29, 1.82) is 21.6 Å². The Bertz CT molecular complexity index is 1490. The van der Waals surface area contributed by atoms with Gasteiger partial charge < -0.3 is 65.4 Å². The zero-order valence-corrected chi connectivity index (χ0v) is 28.7. The number of carbonyl (C=O) groups excluding carboxylic acids is 4. The molecule has 4 aromatic rings. The molecule has 12 N–H and O–H groups in total. The molecule has 0 aliphatic carbocycles. The van der Waals surface area contributed by atoms with E-state index in [9.17, 15) is 39.6 Å². The number of carbonyl (C=O) groups is 4. The molecule has 49 heavy (non-hydrogen) atoms. The number of nitrogens with two attached hydrogens (primary N) is 4. The molecular formula is C32H30InN8O8-6. The quantitative estimate of drug-likeness (QED) is 0.0665. The van der Waals surface area contributed by atoms with Gasteiger partial charge in [0.25, 0.3) is 0 Å². The van der Waals surface area contributed by atoms with Crippen LogP contribution in [0, 0.1) is 21.6 Å². The Kier molecular flexibility index (Phi) is 17.9. The number of carboxylic acid groups (broad SMARTS) is 4. The molecule has 255 valence electrons. The summed E-state index contributed by atoms with van der Waals surface area (Å²) in [6.45, 7) is 0. The topological polar surface area (TPSA) is 360 Å². The Labute approximate surface area is 300 Å². The van der Waals surface area contributed by atoms with Gasteiger partial charge in [0, 0.05) is 70.4 Å². The van der Waals surface area contributed by atoms with Crippen LogP contribution in [-0.2, 0) is 0 Å². The number of nitrogen functional groups attached to an aromatic ring is 4. The third kappa shape index (κ3) is 13.4. The van der Waals surface area contributed by atoms with Crippen LogP contribution in [0.25, 0.3) is 0 Å². The summed E-state index contributed by atoms with van der Waals surface area (Å²) in [5, 5.41) is 70.1. The van der Waals surface area contributed by atoms with Crippen LogP contribution in [0.1, 0.15) is 66.5 Å². The van der Waals surface area contributed by atoms with E-state index in [1.807, 2.05) is 0 Å². The van der Waals surface area contributed by atoms with Crippen LogP contribution in [0.5, 0.6) is 0 Å². The van der Waals surface area contributed by atoms with Crippen LogP contribution in [0.2, 0.25) is 0 Å². The van der Waals surface area contributed by atoms with Crippen LogP contribution >= 0.6 is 0 Å². The van der Waals surface area contributed by atoms with Crippen LogP contribution in [0.3, 0.4) is 0 Å². The molecule has 16 nitrogen and oxygen atoms in total. The van der Waals surface area contributed by atoms with E-state index < -0.39 is 23.9 Å². The smallest absolute Gasteiger partial charge is 0.123 e. The van der Waals surface area contributed by atoms with E-state index in [1.54, 1.807) is 48.5 Å². The van der Waals surface area contributed by atoms with Crippen molar-refractivity contribution in [3.63, 3.8) is 0 Å². The zero-order valence-electron chi connectivity index (χ0n) is 27.4. The molecule has 0 unspecified atom stereocenters. The van der Waals surface area contributed by atoms with Crippen molar-refractivity contribution >= 4 is 73.1 Å². The number of hydrogen-bond acceptors (Lipinski definition) is 12. The molecule has 0 bridgehead atoms. The SMILES string of the molecule is N=C(N)c1ccccc1C(=O)[O-].N=C(N)c1ccccc1C(=O)[O-].N=C(N)c1ccccc1C(=O)[O-].N=C(N)c1ccccc1C(=O)[O-].[H-].[H-].[In]. The molecule has 0 aliphatic heterocycles. The van der Waals surface area contributed by atoms with Gasteiger partial charge in [0.05, 0.1) is 23.9 Å². The molecule has 4 aromatic carbocycles. The van der Waals surface area contributed by atoms with Crippen molar-refractivity contribution < 1.29 is 42.5 Å². The van der Waals surface area contributed by atoms with E-state index >= 15 is 0 Å². The van der Waals surface area contributed by atoms with E-state index in [1.165, 1.54) is 48.5 Å². The Morgan fingerprint density at radius 2 is 0.490 bits per heavy atom. The van der Waals surface area contributed by atoms with E-state index in [0.717, 1.165) is 0 Å². The maximum absolute atomic E-state index is 10.5. The second kappa shape index (κ2) is 20.6. The van der Waals surface area contributed by atoms with Crippen LogP contribution in [0.15, 0.2) is 97.1 Å². The maximum Gasteiger partial charge on any atom is 0.123 e. The number of rotatable bonds is 8. The predicted octanol–water partition coefficient (Wildman–Crippen LogP) is -2.82. The Hall–Kier alpha value is -6.49. The standard InChI is InChI=1S/4C8H8N2O2.In.2H/c4*9-7(10)5-3-1-2-4-6(5)8(11)12;;;/h4*1-4H,(H3,9,10)(H,11,12);;;/q;;;;;2*-1/p-4. The molecule has 0 aliphatic rings. The van der Waals surface area contributed by atoms with Gasteiger partial charge in [-0.15, -0.1) is 0 Å². The normalized spacial score (nSPS) is 9.14. The second-order valence-corrected chi connectivity index (χ2v) is 8.99. The fourth-order valence-corrected chi connectivity index (χ4v) is 3.58. The van der Waals surface area contributed by atoms with Gasteiger partial charge in [-0.1, -0.05) is 97.1 Å².